The summed E-state index contributed by atoms with van der Waals surface area (Å²) >= 11 is 0. The van der Waals surface area contributed by atoms with Gasteiger partial charge in [0, 0.05) is 0 Å². The standard InChI is InChI=1S/C5F6N2/c6-4(7,8)3-1-12-13(2-3)5(9,10)11. The molecule has 0 bridgehead atoms. The summed E-state index contributed by atoms with van der Waals surface area (Å²) in [5, 5.41) is 2.35. The number of hydrogen-bond donors (Lipinski definition) is 0. The number of alkyl halides is 6. The molecule has 0 aliphatic heterocycles. The van der Waals surface area contributed by atoms with Crippen LogP contribution in [-0.2, 0) is 12.5 Å². The maximum atomic E-state index is 11.7. The molecule has 0 aromatic carbocycles. The zero-order valence-corrected chi connectivity index (χ0v) is 5.66. The molecule has 0 saturated heterocycles. The van der Waals surface area contributed by atoms with Gasteiger partial charge in [0.25, 0.3) is 0 Å². The third-order valence-corrected chi connectivity index (χ3v) is 1.00. The van der Waals surface area contributed by atoms with Crippen molar-refractivity contribution in [2.75, 3.05) is 0 Å². The molecule has 8 heteroatoms. The van der Waals surface area contributed by atoms with Crippen LogP contribution >= 0.6 is 0 Å². The first-order chi connectivity index (χ1) is 5.71. The van der Waals surface area contributed by atoms with Crippen LogP contribution in [0.25, 0.3) is 0 Å². The van der Waals surface area contributed by atoms with Gasteiger partial charge in [-0.15, -0.1) is 13.2 Å². The van der Waals surface area contributed by atoms with E-state index in [9.17, 15) is 26.3 Å². The van der Waals surface area contributed by atoms with Crippen LogP contribution in [0.1, 0.15) is 5.56 Å². The first-order valence-electron chi connectivity index (χ1n) is 2.75. The van der Waals surface area contributed by atoms with Gasteiger partial charge in [0.15, 0.2) is 0 Å². The van der Waals surface area contributed by atoms with E-state index in [4.69, 9.17) is 0 Å². The Morgan fingerprint density at radius 1 is 1.08 bits per heavy atom. The third kappa shape index (κ3) is 2.13. The Hall–Kier alpha value is -1.21. The summed E-state index contributed by atoms with van der Waals surface area (Å²) in [5.74, 6) is 0. The van der Waals surface area contributed by atoms with Crippen LogP contribution in [0, 0.1) is 12.4 Å². The van der Waals surface area contributed by atoms with Gasteiger partial charge in [-0.2, -0.15) is 23.0 Å². The normalized spacial score (nSPS) is 13.4. The molecule has 1 heterocycles. The minimum absolute atomic E-state index is 0.879. The highest BCUT2D eigenvalue weighted by Crippen LogP contribution is 2.30. The smallest absolute Gasteiger partial charge is 0.168 e. The quantitative estimate of drug-likeness (QED) is 0.588. The van der Waals surface area contributed by atoms with Gasteiger partial charge in [0.05, 0.1) is 0 Å². The molecule has 0 N–H and O–H groups in total. The van der Waals surface area contributed by atoms with Gasteiger partial charge in [0.1, 0.15) is 18.0 Å². The monoisotopic (exact) mass is 202 g/mol. The molecule has 72 valence electrons. The van der Waals surface area contributed by atoms with Crippen LogP contribution in [0.15, 0.2) is 0 Å². The molecule has 0 aliphatic rings. The Morgan fingerprint density at radius 3 is 1.85 bits per heavy atom. The maximum absolute atomic E-state index is 11.7. The molecule has 0 fully saturated rings. The van der Waals surface area contributed by atoms with Crippen molar-refractivity contribution in [3.63, 3.8) is 0 Å². The molecule has 0 atom stereocenters. The average molecular weight is 202 g/mol. The number of aromatic nitrogens is 2. The molecule has 0 aliphatic carbocycles. The second-order valence-corrected chi connectivity index (χ2v) is 1.98. The highest BCUT2D eigenvalue weighted by Gasteiger charge is 2.38. The van der Waals surface area contributed by atoms with E-state index in [0.717, 1.165) is 12.4 Å². The second kappa shape index (κ2) is 2.64. The second-order valence-electron chi connectivity index (χ2n) is 1.98. The number of hydrogen-bond acceptors (Lipinski definition) is 1. The Labute approximate surface area is 67.8 Å². The Bertz CT molecular complexity index is 266. The van der Waals surface area contributed by atoms with Gasteiger partial charge in [-0.3, -0.25) is 0 Å². The molecule has 0 unspecified atom stereocenters. The molecule has 0 spiro atoms. The van der Waals surface area contributed by atoms with E-state index in [1.807, 2.05) is 0 Å². The van der Waals surface area contributed by atoms with Crippen LogP contribution in [0.2, 0.25) is 0 Å². The summed E-state index contributed by atoms with van der Waals surface area (Å²) in [6.07, 6.45) is -7.76. The molecule has 0 saturated carbocycles. The van der Waals surface area contributed by atoms with Crippen molar-refractivity contribution in [2.24, 2.45) is 0 Å². The Morgan fingerprint density at radius 2 is 1.62 bits per heavy atom. The largest absolute Gasteiger partial charge is 0.505 e. The number of rotatable bonds is 0. The van der Waals surface area contributed by atoms with Crippen molar-refractivity contribution in [1.29, 1.82) is 0 Å². The van der Waals surface area contributed by atoms with E-state index >= 15 is 0 Å². The lowest BCUT2D eigenvalue weighted by Gasteiger charge is -2.03. The predicted molar refractivity (Wildman–Crippen MR) is 26.2 cm³/mol. The van der Waals surface area contributed by atoms with Crippen molar-refractivity contribution in [2.45, 2.75) is 12.5 Å². The summed E-state index contributed by atoms with van der Waals surface area (Å²) in [4.78, 5) is 0. The van der Waals surface area contributed by atoms with E-state index < -0.39 is 22.7 Å². The van der Waals surface area contributed by atoms with Crippen molar-refractivity contribution in [3.8, 4) is 0 Å². The summed E-state index contributed by atoms with van der Waals surface area (Å²) in [5.41, 5.74) is -1.68. The van der Waals surface area contributed by atoms with Gasteiger partial charge in [-0.05, 0) is 0 Å². The van der Waals surface area contributed by atoms with Crippen molar-refractivity contribution in [1.82, 2.24) is 9.78 Å². The molecule has 0 amide bonds. The topological polar surface area (TPSA) is 17.8 Å². The zero-order valence-electron chi connectivity index (χ0n) is 5.66. The molecule has 13 heavy (non-hydrogen) atoms. The first kappa shape index (κ1) is 9.87. The van der Waals surface area contributed by atoms with E-state index in [1.165, 1.54) is 0 Å². The zero-order chi connectivity index (χ0) is 10.3. The van der Waals surface area contributed by atoms with E-state index in [-0.39, 0.29) is 0 Å². The fourth-order valence-corrected chi connectivity index (χ4v) is 0.503. The van der Waals surface area contributed by atoms with Gasteiger partial charge in [0.2, 0.25) is 0 Å². The lowest BCUT2D eigenvalue weighted by Crippen LogP contribution is -2.17. The highest BCUT2D eigenvalue weighted by atomic mass is 19.4. The van der Waals surface area contributed by atoms with Crippen LogP contribution in [-0.4, -0.2) is 9.78 Å². The Kier molecular flexibility index (Phi) is 2.01. The number of halogens is 6. The minimum atomic E-state index is -5.00. The van der Waals surface area contributed by atoms with Crippen LogP contribution in [0.3, 0.4) is 0 Å². The molecule has 1 aromatic rings. The van der Waals surface area contributed by atoms with Gasteiger partial charge >= 0.3 is 12.5 Å². The fraction of sp³-hybridized carbons (Fsp3) is 0.400. The predicted octanol–water partition coefficient (Wildman–Crippen LogP) is 1.98. The third-order valence-electron chi connectivity index (χ3n) is 1.00. The van der Waals surface area contributed by atoms with Gasteiger partial charge in [-0.1, -0.05) is 0 Å². The molecule has 2 radical (unpaired) electrons. The number of nitrogens with zero attached hydrogens (tertiary/aromatic N) is 2. The van der Waals surface area contributed by atoms with Crippen LogP contribution in [0.5, 0.6) is 0 Å². The van der Waals surface area contributed by atoms with Crippen molar-refractivity contribution in [3.05, 3.63) is 18.0 Å². The molecule has 2 nitrogen and oxygen atoms in total. The summed E-state index contributed by atoms with van der Waals surface area (Å²) in [6, 6.07) is 0. The van der Waals surface area contributed by atoms with E-state index in [0.29, 0.717) is 0 Å². The summed E-state index contributed by atoms with van der Waals surface area (Å²) in [7, 11) is 0. The molecule has 1 aromatic heterocycles. The minimum Gasteiger partial charge on any atom is -0.168 e. The van der Waals surface area contributed by atoms with Crippen LogP contribution in [0.4, 0.5) is 26.3 Å². The lowest BCUT2D eigenvalue weighted by molar-refractivity contribution is -0.213. The van der Waals surface area contributed by atoms with E-state index in [2.05, 4.69) is 5.10 Å². The Balaban J connectivity index is 3.01. The van der Waals surface area contributed by atoms with E-state index in [1.54, 1.807) is 0 Å². The summed E-state index contributed by atoms with van der Waals surface area (Å²) < 4.78 is 69.3. The molecule has 1 rings (SSSR count). The van der Waals surface area contributed by atoms with Crippen molar-refractivity contribution >= 4 is 0 Å². The average Bonchev–Trinajstić information content (AvgIpc) is 2.28. The summed E-state index contributed by atoms with van der Waals surface area (Å²) in [6.45, 7) is 0. The fourth-order valence-electron chi connectivity index (χ4n) is 0.503. The first-order valence-corrected chi connectivity index (χ1v) is 2.75. The van der Waals surface area contributed by atoms with Gasteiger partial charge in [-0.25, -0.2) is 0 Å². The maximum Gasteiger partial charge on any atom is 0.505 e. The van der Waals surface area contributed by atoms with Crippen molar-refractivity contribution < 1.29 is 26.3 Å². The highest BCUT2D eigenvalue weighted by molar-refractivity contribution is 5.05. The molecular weight excluding hydrogens is 202 g/mol. The van der Waals surface area contributed by atoms with Gasteiger partial charge < -0.3 is 0 Å². The lowest BCUT2D eigenvalue weighted by atomic mass is 10.4. The van der Waals surface area contributed by atoms with Crippen LogP contribution < -0.4 is 0 Å². The SMILES string of the molecule is FC(F)(F)c1[c]nn(C(F)(F)F)[c]1. The molecular formula is C5F6N2.